The van der Waals surface area contributed by atoms with E-state index in [1.54, 1.807) is 6.08 Å². The maximum absolute atomic E-state index is 14.1. The maximum Gasteiger partial charge on any atom is 0.306 e. The predicted molar refractivity (Wildman–Crippen MR) is 147 cm³/mol. The molecule has 0 aliphatic heterocycles. The van der Waals surface area contributed by atoms with Crippen molar-refractivity contribution in [3.8, 4) is 0 Å². The van der Waals surface area contributed by atoms with Gasteiger partial charge in [0.2, 0.25) is 5.78 Å². The van der Waals surface area contributed by atoms with Gasteiger partial charge in [-0.3, -0.25) is 19.2 Å². The number of fused-ring (bicyclic) bond motifs is 5. The van der Waals surface area contributed by atoms with Crippen molar-refractivity contribution < 1.29 is 33.8 Å². The molecule has 7 nitrogen and oxygen atoms in total. The minimum atomic E-state index is -1.55. The Balaban J connectivity index is 1.74. The standard InChI is InChI=1S/C31H43ClO7/c1-6-8-10-26(36)38-18-25(35)31(39-27(37)9-7-2)19(3)15-23-22-12-11-20-16-21(33)13-14-28(20,4)30(22,32)24(34)17-29(23,31)5/h13-14,16,19,22-24,34H,6-12,15,17-18H2,1-5H3/t19-,22+,23+,24+,28+,29+,30+,31-/m1/s1. The van der Waals surface area contributed by atoms with Crippen LogP contribution in [0.15, 0.2) is 23.8 Å². The topological polar surface area (TPSA) is 107 Å². The number of carbonyl (C=O) groups is 4. The Bertz CT molecular complexity index is 1100. The Kier molecular flexibility index (Phi) is 8.28. The van der Waals surface area contributed by atoms with E-state index in [0.29, 0.717) is 32.1 Å². The molecule has 0 bridgehead atoms. The van der Waals surface area contributed by atoms with E-state index in [0.717, 1.165) is 12.0 Å². The van der Waals surface area contributed by atoms with Gasteiger partial charge in [-0.25, -0.2) is 0 Å². The molecular formula is C31H43ClO7. The number of hydrogen-bond donors (Lipinski definition) is 1. The fourth-order valence-electron chi connectivity index (χ4n) is 8.48. The molecule has 8 heteroatoms. The van der Waals surface area contributed by atoms with Crippen LogP contribution in [0.3, 0.4) is 0 Å². The van der Waals surface area contributed by atoms with Crippen molar-refractivity contribution in [2.45, 2.75) is 109 Å². The molecule has 39 heavy (non-hydrogen) atoms. The van der Waals surface area contributed by atoms with Gasteiger partial charge >= 0.3 is 11.9 Å². The van der Waals surface area contributed by atoms with Gasteiger partial charge < -0.3 is 14.6 Å². The zero-order chi connectivity index (χ0) is 28.8. The first kappa shape index (κ1) is 30.0. The van der Waals surface area contributed by atoms with Crippen LogP contribution in [-0.4, -0.2) is 51.8 Å². The molecule has 8 atom stereocenters. The lowest BCUT2D eigenvalue weighted by atomic mass is 9.45. The fourth-order valence-corrected chi connectivity index (χ4v) is 9.00. The van der Waals surface area contributed by atoms with Crippen LogP contribution in [0.2, 0.25) is 0 Å². The number of aliphatic hydroxyl groups excluding tert-OH is 1. The summed E-state index contributed by atoms with van der Waals surface area (Å²) in [6, 6.07) is 0. The quantitative estimate of drug-likeness (QED) is 0.302. The molecular weight excluding hydrogens is 520 g/mol. The second-order valence-electron chi connectivity index (χ2n) is 12.5. The van der Waals surface area contributed by atoms with Crippen LogP contribution in [0, 0.1) is 28.6 Å². The summed E-state index contributed by atoms with van der Waals surface area (Å²) in [5.41, 5.74) is -2.27. The van der Waals surface area contributed by atoms with E-state index >= 15 is 0 Å². The zero-order valence-electron chi connectivity index (χ0n) is 23.9. The number of rotatable bonds is 9. The summed E-state index contributed by atoms with van der Waals surface area (Å²) in [4.78, 5) is 50.5. The first-order valence-electron chi connectivity index (χ1n) is 14.5. The van der Waals surface area contributed by atoms with Crippen molar-refractivity contribution in [3.05, 3.63) is 23.8 Å². The highest BCUT2D eigenvalue weighted by Gasteiger charge is 2.76. The number of hydrogen-bond acceptors (Lipinski definition) is 7. The number of aliphatic hydroxyl groups is 1. The molecule has 3 fully saturated rings. The second kappa shape index (κ2) is 10.8. The average Bonchev–Trinajstić information content (AvgIpc) is 3.09. The van der Waals surface area contributed by atoms with Crippen molar-refractivity contribution in [2.75, 3.05) is 6.61 Å². The van der Waals surface area contributed by atoms with Crippen molar-refractivity contribution >= 4 is 35.1 Å². The van der Waals surface area contributed by atoms with Gasteiger partial charge in [-0.05, 0) is 62.5 Å². The highest BCUT2D eigenvalue weighted by Crippen LogP contribution is 2.72. The molecule has 216 valence electrons. The van der Waals surface area contributed by atoms with E-state index < -0.39 is 51.7 Å². The fraction of sp³-hybridized carbons (Fsp3) is 0.742. The lowest BCUT2D eigenvalue weighted by molar-refractivity contribution is -0.203. The molecule has 4 rings (SSSR count). The summed E-state index contributed by atoms with van der Waals surface area (Å²) in [6.07, 6.45) is 8.45. The summed E-state index contributed by atoms with van der Waals surface area (Å²) >= 11 is 7.53. The van der Waals surface area contributed by atoms with Crippen molar-refractivity contribution in [1.29, 1.82) is 0 Å². The molecule has 4 aliphatic rings. The molecule has 0 radical (unpaired) electrons. The Morgan fingerprint density at radius 1 is 1.10 bits per heavy atom. The second-order valence-corrected chi connectivity index (χ2v) is 13.2. The number of allylic oxidation sites excluding steroid dienone is 4. The van der Waals surface area contributed by atoms with Crippen LogP contribution in [0.5, 0.6) is 0 Å². The number of ether oxygens (including phenoxy) is 2. The normalized spacial score (nSPS) is 40.7. The number of halogens is 1. The minimum absolute atomic E-state index is 0.0771. The molecule has 0 amide bonds. The summed E-state index contributed by atoms with van der Waals surface area (Å²) in [6.45, 7) is 9.20. The largest absolute Gasteiger partial charge is 0.457 e. The average molecular weight is 563 g/mol. The first-order chi connectivity index (χ1) is 18.3. The van der Waals surface area contributed by atoms with Crippen LogP contribution in [-0.2, 0) is 28.7 Å². The lowest BCUT2D eigenvalue weighted by Gasteiger charge is -2.64. The molecule has 0 aromatic carbocycles. The van der Waals surface area contributed by atoms with E-state index in [2.05, 4.69) is 0 Å². The smallest absolute Gasteiger partial charge is 0.306 e. The SMILES string of the molecule is CCCCC(=O)OCC(=O)[C@]1(OC(=O)CCC)[C@H](C)C[C@H]2[C@@H]3CCC4=CC(=O)C=C[C@]4(C)[C@@]3(Cl)[C@@H](O)C[C@@]21C. The highest BCUT2D eigenvalue weighted by molar-refractivity contribution is 6.26. The number of ketones is 2. The molecule has 0 aromatic heterocycles. The molecule has 0 unspecified atom stereocenters. The first-order valence-corrected chi connectivity index (χ1v) is 14.9. The molecule has 4 aliphatic carbocycles. The van der Waals surface area contributed by atoms with Crippen LogP contribution in [0.1, 0.15) is 92.4 Å². The summed E-state index contributed by atoms with van der Waals surface area (Å²) in [5.74, 6) is -2.12. The van der Waals surface area contributed by atoms with Gasteiger partial charge in [-0.1, -0.05) is 52.7 Å². The maximum atomic E-state index is 14.1. The van der Waals surface area contributed by atoms with Gasteiger partial charge in [-0.15, -0.1) is 11.6 Å². The zero-order valence-corrected chi connectivity index (χ0v) is 24.6. The Labute approximate surface area is 236 Å². The Morgan fingerprint density at radius 2 is 1.82 bits per heavy atom. The van der Waals surface area contributed by atoms with Crippen LogP contribution >= 0.6 is 11.6 Å². The number of unbranched alkanes of at least 4 members (excludes halogenated alkanes) is 1. The van der Waals surface area contributed by atoms with E-state index in [4.69, 9.17) is 21.1 Å². The van der Waals surface area contributed by atoms with Crippen molar-refractivity contribution in [2.24, 2.45) is 28.6 Å². The van der Waals surface area contributed by atoms with Crippen molar-refractivity contribution in [3.63, 3.8) is 0 Å². The molecule has 3 saturated carbocycles. The minimum Gasteiger partial charge on any atom is -0.457 e. The van der Waals surface area contributed by atoms with E-state index in [-0.39, 0.29) is 42.8 Å². The lowest BCUT2D eigenvalue weighted by Crippen LogP contribution is -2.69. The third kappa shape index (κ3) is 4.43. The van der Waals surface area contributed by atoms with E-state index in [1.165, 1.54) is 6.08 Å². The monoisotopic (exact) mass is 562 g/mol. The molecule has 0 spiro atoms. The van der Waals surface area contributed by atoms with Gasteiger partial charge in [0, 0.05) is 29.6 Å². The Morgan fingerprint density at radius 3 is 2.49 bits per heavy atom. The molecule has 0 heterocycles. The molecule has 0 saturated heterocycles. The number of carbonyl (C=O) groups excluding carboxylic acids is 4. The summed E-state index contributed by atoms with van der Waals surface area (Å²) in [7, 11) is 0. The molecule has 0 aromatic rings. The number of esters is 2. The van der Waals surface area contributed by atoms with Gasteiger partial charge in [0.15, 0.2) is 18.0 Å². The predicted octanol–water partition coefficient (Wildman–Crippen LogP) is 5.26. The van der Waals surface area contributed by atoms with Gasteiger partial charge in [0.05, 0.1) is 11.0 Å². The summed E-state index contributed by atoms with van der Waals surface area (Å²) in [5, 5.41) is 11.9. The molecule has 1 N–H and O–H groups in total. The van der Waals surface area contributed by atoms with Crippen LogP contribution < -0.4 is 0 Å². The van der Waals surface area contributed by atoms with Gasteiger partial charge in [0.1, 0.15) is 0 Å². The third-order valence-electron chi connectivity index (χ3n) is 10.4. The highest BCUT2D eigenvalue weighted by atomic mass is 35.5. The Hall–Kier alpha value is -1.99. The summed E-state index contributed by atoms with van der Waals surface area (Å²) < 4.78 is 11.6. The number of alkyl halides is 1. The van der Waals surface area contributed by atoms with E-state index in [9.17, 15) is 24.3 Å². The van der Waals surface area contributed by atoms with Crippen LogP contribution in [0.25, 0.3) is 0 Å². The van der Waals surface area contributed by atoms with Crippen molar-refractivity contribution in [1.82, 2.24) is 0 Å². The van der Waals surface area contributed by atoms with E-state index in [1.807, 2.05) is 40.7 Å². The van der Waals surface area contributed by atoms with Crippen LogP contribution in [0.4, 0.5) is 0 Å². The van der Waals surface area contributed by atoms with Gasteiger partial charge in [0.25, 0.3) is 0 Å². The number of Topliss-reactive ketones (excluding diaryl/α,β-unsaturated/α-hetero) is 1. The third-order valence-corrected chi connectivity index (χ3v) is 11.3. The van der Waals surface area contributed by atoms with Gasteiger partial charge in [-0.2, -0.15) is 0 Å².